The maximum atomic E-state index is 7.44. The molecule has 0 atom stereocenters. The van der Waals surface area contributed by atoms with Crippen molar-refractivity contribution in [3.8, 4) is 0 Å². The molecule has 1 heterocycles. The average Bonchev–Trinajstić information content (AvgIpc) is 2.07. The van der Waals surface area contributed by atoms with E-state index in [4.69, 9.17) is 10.1 Å². The summed E-state index contributed by atoms with van der Waals surface area (Å²) in [5.41, 5.74) is 1.09. The average molecular weight is 150 g/mol. The summed E-state index contributed by atoms with van der Waals surface area (Å²) >= 11 is 0. The highest BCUT2D eigenvalue weighted by molar-refractivity contribution is 5.97. The zero-order chi connectivity index (χ0) is 8.10. The van der Waals surface area contributed by atoms with Gasteiger partial charge in [0.05, 0.1) is 18.0 Å². The Balaban J connectivity index is 2.69. The van der Waals surface area contributed by atoms with Crippen LogP contribution in [0.2, 0.25) is 0 Å². The van der Waals surface area contributed by atoms with Crippen molar-refractivity contribution < 1.29 is 4.74 Å². The van der Waals surface area contributed by atoms with Gasteiger partial charge in [-0.05, 0) is 12.1 Å². The molecule has 0 saturated carbocycles. The largest absolute Gasteiger partial charge is 0.378 e. The maximum absolute atomic E-state index is 7.44. The lowest BCUT2D eigenvalue weighted by Crippen LogP contribution is -2.08. The van der Waals surface area contributed by atoms with E-state index in [0.717, 1.165) is 0 Å². The molecule has 0 aliphatic heterocycles. The molecule has 1 N–H and O–H groups in total. The molecule has 0 amide bonds. The molecular weight excluding hydrogens is 140 g/mol. The van der Waals surface area contributed by atoms with Crippen LogP contribution >= 0.6 is 0 Å². The summed E-state index contributed by atoms with van der Waals surface area (Å²) in [4.78, 5) is 3.99. The summed E-state index contributed by atoms with van der Waals surface area (Å²) in [6.45, 7) is 0.316. The summed E-state index contributed by atoms with van der Waals surface area (Å²) in [7, 11) is 1.57. The molecule has 0 fully saturated rings. The van der Waals surface area contributed by atoms with Crippen molar-refractivity contribution in [3.05, 3.63) is 30.1 Å². The van der Waals surface area contributed by atoms with E-state index in [2.05, 4.69) is 4.98 Å². The van der Waals surface area contributed by atoms with Crippen molar-refractivity contribution >= 4 is 5.71 Å². The first-order valence-corrected chi connectivity index (χ1v) is 3.32. The van der Waals surface area contributed by atoms with Gasteiger partial charge in [0.2, 0.25) is 0 Å². The molecule has 11 heavy (non-hydrogen) atoms. The predicted molar refractivity (Wildman–Crippen MR) is 42.9 cm³/mol. The second-order valence-corrected chi connectivity index (χ2v) is 2.13. The molecule has 0 aliphatic rings. The van der Waals surface area contributed by atoms with Crippen LogP contribution in [0.15, 0.2) is 24.4 Å². The first-order chi connectivity index (χ1) is 5.34. The molecule has 0 unspecified atom stereocenters. The Morgan fingerprint density at radius 1 is 1.64 bits per heavy atom. The van der Waals surface area contributed by atoms with Crippen LogP contribution in [0.1, 0.15) is 5.69 Å². The number of methoxy groups -OCH3 is 1. The van der Waals surface area contributed by atoms with Crippen LogP contribution in [-0.2, 0) is 4.74 Å². The third-order valence-electron chi connectivity index (χ3n) is 1.26. The van der Waals surface area contributed by atoms with Gasteiger partial charge in [0.25, 0.3) is 0 Å². The minimum absolute atomic E-state index is 0.316. The summed E-state index contributed by atoms with van der Waals surface area (Å²) in [6.07, 6.45) is 1.67. The van der Waals surface area contributed by atoms with E-state index in [0.29, 0.717) is 18.0 Å². The number of nitrogens with zero attached hydrogens (tertiary/aromatic N) is 1. The van der Waals surface area contributed by atoms with E-state index >= 15 is 0 Å². The Labute approximate surface area is 65.5 Å². The molecule has 0 aromatic carbocycles. The quantitative estimate of drug-likeness (QED) is 0.656. The number of hydrogen-bond acceptors (Lipinski definition) is 3. The molecule has 1 aromatic rings. The number of aromatic nitrogens is 1. The van der Waals surface area contributed by atoms with Crippen LogP contribution < -0.4 is 0 Å². The first kappa shape index (κ1) is 7.88. The van der Waals surface area contributed by atoms with Gasteiger partial charge >= 0.3 is 0 Å². The van der Waals surface area contributed by atoms with E-state index in [-0.39, 0.29) is 0 Å². The van der Waals surface area contributed by atoms with Crippen LogP contribution in [0.4, 0.5) is 0 Å². The van der Waals surface area contributed by atoms with Crippen molar-refractivity contribution in [1.82, 2.24) is 4.98 Å². The Morgan fingerprint density at radius 2 is 2.45 bits per heavy atom. The Kier molecular flexibility index (Phi) is 2.74. The van der Waals surface area contributed by atoms with Gasteiger partial charge in [0, 0.05) is 13.3 Å². The van der Waals surface area contributed by atoms with Crippen LogP contribution in [0.3, 0.4) is 0 Å². The first-order valence-electron chi connectivity index (χ1n) is 3.32. The summed E-state index contributed by atoms with van der Waals surface area (Å²) in [5, 5.41) is 7.44. The lowest BCUT2D eigenvalue weighted by Gasteiger charge is -1.99. The van der Waals surface area contributed by atoms with Crippen LogP contribution in [-0.4, -0.2) is 24.4 Å². The molecule has 1 aromatic heterocycles. The van der Waals surface area contributed by atoms with Gasteiger partial charge in [0.1, 0.15) is 0 Å². The van der Waals surface area contributed by atoms with Gasteiger partial charge in [-0.15, -0.1) is 0 Å². The fraction of sp³-hybridized carbons (Fsp3) is 0.250. The number of ether oxygens (including phenoxy) is 1. The van der Waals surface area contributed by atoms with Crippen LogP contribution in [0, 0.1) is 5.41 Å². The van der Waals surface area contributed by atoms with Gasteiger partial charge in [-0.1, -0.05) is 6.07 Å². The van der Waals surface area contributed by atoms with Crippen molar-refractivity contribution in [3.63, 3.8) is 0 Å². The van der Waals surface area contributed by atoms with Gasteiger partial charge in [-0.2, -0.15) is 0 Å². The molecular formula is C8H10N2O. The second-order valence-electron chi connectivity index (χ2n) is 2.13. The third-order valence-corrected chi connectivity index (χ3v) is 1.26. The normalized spacial score (nSPS) is 9.55. The lowest BCUT2D eigenvalue weighted by atomic mass is 10.2. The van der Waals surface area contributed by atoms with E-state index < -0.39 is 0 Å². The second kappa shape index (κ2) is 3.83. The van der Waals surface area contributed by atoms with E-state index in [1.54, 1.807) is 19.4 Å². The van der Waals surface area contributed by atoms with Crippen molar-refractivity contribution in [2.24, 2.45) is 0 Å². The van der Waals surface area contributed by atoms with Gasteiger partial charge in [0.15, 0.2) is 0 Å². The molecule has 3 heteroatoms. The topological polar surface area (TPSA) is 46.0 Å². The van der Waals surface area contributed by atoms with Crippen LogP contribution in [0.25, 0.3) is 0 Å². The molecule has 0 aliphatic carbocycles. The van der Waals surface area contributed by atoms with E-state index in [1.165, 1.54) is 0 Å². The Hall–Kier alpha value is -1.22. The number of pyridine rings is 1. The highest BCUT2D eigenvalue weighted by Crippen LogP contribution is 1.94. The standard InChI is InChI=1S/C8H10N2O/c1-11-6-7(9)8-4-2-3-5-10-8/h2-5,9H,6H2,1H3. The Morgan fingerprint density at radius 3 is 3.00 bits per heavy atom. The monoisotopic (exact) mass is 150 g/mol. The molecule has 0 radical (unpaired) electrons. The molecule has 58 valence electrons. The lowest BCUT2D eigenvalue weighted by molar-refractivity contribution is 0.245. The van der Waals surface area contributed by atoms with E-state index in [9.17, 15) is 0 Å². The molecule has 0 spiro atoms. The predicted octanol–water partition coefficient (Wildman–Crippen LogP) is 1.10. The van der Waals surface area contributed by atoms with Crippen molar-refractivity contribution in [2.45, 2.75) is 0 Å². The fourth-order valence-electron chi connectivity index (χ4n) is 0.760. The number of hydrogen-bond donors (Lipinski definition) is 1. The number of rotatable bonds is 3. The van der Waals surface area contributed by atoms with Gasteiger partial charge in [-0.25, -0.2) is 0 Å². The molecule has 0 bridgehead atoms. The third kappa shape index (κ3) is 2.13. The van der Waals surface area contributed by atoms with E-state index in [1.807, 2.05) is 12.1 Å². The van der Waals surface area contributed by atoms with Gasteiger partial charge in [-0.3, -0.25) is 4.98 Å². The number of nitrogens with one attached hydrogen (secondary N) is 1. The smallest absolute Gasteiger partial charge is 0.0898 e. The van der Waals surface area contributed by atoms with Crippen LogP contribution in [0.5, 0.6) is 0 Å². The maximum Gasteiger partial charge on any atom is 0.0898 e. The summed E-state index contributed by atoms with van der Waals surface area (Å²) in [6, 6.07) is 5.47. The molecule has 1 rings (SSSR count). The van der Waals surface area contributed by atoms with Gasteiger partial charge < -0.3 is 10.1 Å². The molecule has 0 saturated heterocycles. The molecule has 3 nitrogen and oxygen atoms in total. The van der Waals surface area contributed by atoms with Crippen molar-refractivity contribution in [2.75, 3.05) is 13.7 Å². The SMILES string of the molecule is COCC(=N)c1ccccn1. The summed E-state index contributed by atoms with van der Waals surface area (Å²) in [5.74, 6) is 0. The Bertz CT molecular complexity index is 233. The zero-order valence-corrected chi connectivity index (χ0v) is 6.37. The minimum atomic E-state index is 0.316. The van der Waals surface area contributed by atoms with Crippen molar-refractivity contribution in [1.29, 1.82) is 5.41 Å². The highest BCUT2D eigenvalue weighted by atomic mass is 16.5. The summed E-state index contributed by atoms with van der Waals surface area (Å²) < 4.78 is 4.79. The fourth-order valence-corrected chi connectivity index (χ4v) is 0.760. The zero-order valence-electron chi connectivity index (χ0n) is 6.37. The highest BCUT2D eigenvalue weighted by Gasteiger charge is 1.98. The minimum Gasteiger partial charge on any atom is -0.378 e.